The van der Waals surface area contributed by atoms with Crippen LogP contribution in [-0.2, 0) is 4.87 Å². The zero-order chi connectivity index (χ0) is 10.1. The van der Waals surface area contributed by atoms with Gasteiger partial charge in [0.1, 0.15) is 0 Å². The van der Waals surface area contributed by atoms with Gasteiger partial charge in [0.05, 0.1) is 10.4 Å². The molecule has 1 aromatic rings. The van der Waals surface area contributed by atoms with E-state index in [1.165, 1.54) is 12.3 Å². The predicted molar refractivity (Wildman–Crippen MR) is 50.1 cm³/mol. The highest BCUT2D eigenvalue weighted by atomic mass is 35.5. The molecule has 0 saturated carbocycles. The molecule has 0 aliphatic heterocycles. The Morgan fingerprint density at radius 3 is 2.62 bits per heavy atom. The van der Waals surface area contributed by atoms with Gasteiger partial charge in [0, 0.05) is 12.4 Å². The van der Waals surface area contributed by atoms with Crippen molar-refractivity contribution in [2.24, 2.45) is 0 Å². The summed E-state index contributed by atoms with van der Waals surface area (Å²) >= 11 is 6.00. The van der Waals surface area contributed by atoms with Gasteiger partial charge in [0.2, 0.25) is 0 Å². The molecule has 0 radical (unpaired) electrons. The summed E-state index contributed by atoms with van der Waals surface area (Å²) in [7, 11) is 0. The molecule has 1 rings (SSSR count). The lowest BCUT2D eigenvalue weighted by molar-refractivity contribution is 0.0696. The topological polar surface area (TPSA) is 50.2 Å². The lowest BCUT2D eigenvalue weighted by Crippen LogP contribution is -2.09. The molecule has 13 heavy (non-hydrogen) atoms. The molecule has 0 atom stereocenters. The molecule has 1 N–H and O–H groups in total. The minimum atomic E-state index is -0.990. The molecule has 0 aromatic carbocycles. The molecule has 70 valence electrons. The number of hydrogen-bond donors (Lipinski definition) is 1. The van der Waals surface area contributed by atoms with Crippen LogP contribution in [0.2, 0.25) is 0 Å². The third-order valence-electron chi connectivity index (χ3n) is 1.67. The molecule has 0 bridgehead atoms. The highest BCUT2D eigenvalue weighted by Gasteiger charge is 2.18. The number of aromatic nitrogens is 1. The summed E-state index contributed by atoms with van der Waals surface area (Å²) in [5, 5.41) is 8.69. The van der Waals surface area contributed by atoms with Crippen molar-refractivity contribution in [2.45, 2.75) is 18.7 Å². The van der Waals surface area contributed by atoms with Crippen LogP contribution in [0.3, 0.4) is 0 Å². The Morgan fingerprint density at radius 1 is 1.54 bits per heavy atom. The van der Waals surface area contributed by atoms with E-state index in [4.69, 9.17) is 16.7 Å². The number of pyridine rings is 1. The smallest absolute Gasteiger partial charge is 0.337 e. The summed E-state index contributed by atoms with van der Waals surface area (Å²) in [6.07, 6.45) is 2.87. The summed E-state index contributed by atoms with van der Waals surface area (Å²) in [6.45, 7) is 3.58. The average molecular weight is 200 g/mol. The summed E-state index contributed by atoms with van der Waals surface area (Å²) < 4.78 is 0. The van der Waals surface area contributed by atoms with E-state index in [9.17, 15) is 4.79 Å². The minimum absolute atomic E-state index is 0.159. The van der Waals surface area contributed by atoms with E-state index in [2.05, 4.69) is 4.98 Å². The number of carboxylic acid groups (broad SMARTS) is 1. The van der Waals surface area contributed by atoms with Gasteiger partial charge in [0.25, 0.3) is 0 Å². The van der Waals surface area contributed by atoms with Gasteiger partial charge in [-0.25, -0.2) is 4.79 Å². The summed E-state index contributed by atoms with van der Waals surface area (Å²) in [5.41, 5.74) is 0.861. The van der Waals surface area contributed by atoms with Gasteiger partial charge in [-0.3, -0.25) is 4.98 Å². The zero-order valence-electron chi connectivity index (χ0n) is 7.41. The molecular weight excluding hydrogens is 190 g/mol. The first-order chi connectivity index (χ1) is 5.91. The molecule has 0 spiro atoms. The van der Waals surface area contributed by atoms with E-state index in [-0.39, 0.29) is 5.56 Å². The van der Waals surface area contributed by atoms with Crippen molar-refractivity contribution < 1.29 is 9.90 Å². The van der Waals surface area contributed by atoms with Crippen molar-refractivity contribution in [2.75, 3.05) is 0 Å². The SMILES string of the molecule is CC(C)(Cl)c1cncc(C(=O)O)c1. The molecule has 1 heterocycles. The third-order valence-corrected chi connectivity index (χ3v) is 1.89. The first-order valence-electron chi connectivity index (χ1n) is 3.79. The fourth-order valence-corrected chi connectivity index (χ4v) is 0.985. The fourth-order valence-electron chi connectivity index (χ4n) is 0.882. The van der Waals surface area contributed by atoms with Crippen LogP contribution in [0.25, 0.3) is 0 Å². The lowest BCUT2D eigenvalue weighted by Gasteiger charge is -2.15. The van der Waals surface area contributed by atoms with Gasteiger partial charge in [0.15, 0.2) is 0 Å². The Kier molecular flexibility index (Phi) is 2.57. The largest absolute Gasteiger partial charge is 0.478 e. The maximum Gasteiger partial charge on any atom is 0.337 e. The standard InChI is InChI=1S/C9H10ClNO2/c1-9(2,10)7-3-6(8(12)13)4-11-5-7/h3-5H,1-2H3,(H,12,13). The highest BCUT2D eigenvalue weighted by molar-refractivity contribution is 6.23. The molecule has 0 aliphatic carbocycles. The van der Waals surface area contributed by atoms with Gasteiger partial charge >= 0.3 is 5.97 Å². The molecule has 0 amide bonds. The molecule has 0 fully saturated rings. The normalized spacial score (nSPS) is 11.3. The molecule has 4 heteroatoms. The molecule has 0 saturated heterocycles. The molecule has 1 aromatic heterocycles. The number of aromatic carboxylic acids is 1. The van der Waals surface area contributed by atoms with E-state index < -0.39 is 10.8 Å². The van der Waals surface area contributed by atoms with Crippen LogP contribution in [0.4, 0.5) is 0 Å². The van der Waals surface area contributed by atoms with E-state index in [1.807, 2.05) is 0 Å². The molecular formula is C9H10ClNO2. The van der Waals surface area contributed by atoms with E-state index in [0.29, 0.717) is 5.56 Å². The van der Waals surface area contributed by atoms with Crippen LogP contribution in [0, 0.1) is 0 Å². The number of nitrogens with zero attached hydrogens (tertiary/aromatic N) is 1. The maximum atomic E-state index is 10.6. The van der Waals surface area contributed by atoms with Crippen LogP contribution in [-0.4, -0.2) is 16.1 Å². The molecule has 3 nitrogen and oxygen atoms in total. The second-order valence-corrected chi connectivity index (χ2v) is 4.18. The van der Waals surface area contributed by atoms with Crippen molar-refractivity contribution in [3.05, 3.63) is 29.6 Å². The monoisotopic (exact) mass is 199 g/mol. The summed E-state index contributed by atoms with van der Waals surface area (Å²) in [5.74, 6) is -0.990. The van der Waals surface area contributed by atoms with E-state index >= 15 is 0 Å². The first kappa shape index (κ1) is 9.99. The average Bonchev–Trinajstić information content (AvgIpc) is 2.03. The van der Waals surface area contributed by atoms with Gasteiger partial charge in [-0.05, 0) is 25.5 Å². The Balaban J connectivity index is 3.13. The van der Waals surface area contributed by atoms with Crippen LogP contribution in [0.15, 0.2) is 18.5 Å². The lowest BCUT2D eigenvalue weighted by atomic mass is 10.0. The van der Waals surface area contributed by atoms with Crippen LogP contribution in [0.5, 0.6) is 0 Å². The van der Waals surface area contributed by atoms with E-state index in [0.717, 1.165) is 0 Å². The summed E-state index contributed by atoms with van der Waals surface area (Å²) in [4.78, 5) is 13.8. The number of carbonyl (C=O) groups is 1. The third kappa shape index (κ3) is 2.42. The number of rotatable bonds is 2. The van der Waals surface area contributed by atoms with Gasteiger partial charge < -0.3 is 5.11 Å². The first-order valence-corrected chi connectivity index (χ1v) is 4.17. The van der Waals surface area contributed by atoms with Crippen molar-refractivity contribution in [1.82, 2.24) is 4.98 Å². The second-order valence-electron chi connectivity index (χ2n) is 3.24. The Labute approximate surface area is 81.4 Å². The van der Waals surface area contributed by atoms with Crippen molar-refractivity contribution in [3.63, 3.8) is 0 Å². The number of hydrogen-bond acceptors (Lipinski definition) is 2. The molecule has 0 aliphatic rings. The quantitative estimate of drug-likeness (QED) is 0.744. The number of carboxylic acids is 1. The van der Waals surface area contributed by atoms with Crippen molar-refractivity contribution in [1.29, 1.82) is 0 Å². The van der Waals surface area contributed by atoms with Gasteiger partial charge in [-0.2, -0.15) is 0 Å². The zero-order valence-corrected chi connectivity index (χ0v) is 8.17. The van der Waals surface area contributed by atoms with Crippen LogP contribution < -0.4 is 0 Å². The number of alkyl halides is 1. The van der Waals surface area contributed by atoms with Gasteiger partial charge in [-0.15, -0.1) is 11.6 Å². The Morgan fingerprint density at radius 2 is 2.15 bits per heavy atom. The minimum Gasteiger partial charge on any atom is -0.478 e. The Bertz CT molecular complexity index is 331. The highest BCUT2D eigenvalue weighted by Crippen LogP contribution is 2.27. The van der Waals surface area contributed by atoms with Crippen LogP contribution >= 0.6 is 11.6 Å². The fraction of sp³-hybridized carbons (Fsp3) is 0.333. The Hall–Kier alpha value is -1.09. The van der Waals surface area contributed by atoms with E-state index in [1.54, 1.807) is 20.0 Å². The molecule has 0 unspecified atom stereocenters. The maximum absolute atomic E-state index is 10.6. The number of halogens is 1. The van der Waals surface area contributed by atoms with Crippen molar-refractivity contribution >= 4 is 17.6 Å². The van der Waals surface area contributed by atoms with Crippen LogP contribution in [0.1, 0.15) is 29.8 Å². The van der Waals surface area contributed by atoms with Crippen molar-refractivity contribution in [3.8, 4) is 0 Å². The second kappa shape index (κ2) is 3.34. The summed E-state index contributed by atoms with van der Waals surface area (Å²) in [6, 6.07) is 1.53. The van der Waals surface area contributed by atoms with Gasteiger partial charge in [-0.1, -0.05) is 0 Å². The predicted octanol–water partition coefficient (Wildman–Crippen LogP) is 2.25.